The Morgan fingerprint density at radius 3 is 2.43 bits per heavy atom. The highest BCUT2D eigenvalue weighted by molar-refractivity contribution is 6.45. The number of carbonyl (C=O) groups is 4. The van der Waals surface area contributed by atoms with Crippen molar-refractivity contribution in [1.82, 2.24) is 15.1 Å². The molecule has 1 N–H and O–H groups in total. The third-order valence-electron chi connectivity index (χ3n) is 4.63. The summed E-state index contributed by atoms with van der Waals surface area (Å²) in [4.78, 5) is 49.7. The lowest BCUT2D eigenvalue weighted by Gasteiger charge is -2.29. The first-order valence-corrected chi connectivity index (χ1v) is 8.42. The van der Waals surface area contributed by atoms with Gasteiger partial charge in [0.2, 0.25) is 5.91 Å². The van der Waals surface area contributed by atoms with E-state index in [9.17, 15) is 19.2 Å². The van der Waals surface area contributed by atoms with Gasteiger partial charge in [-0.05, 0) is 25.2 Å². The first-order chi connectivity index (χ1) is 11.0. The Kier molecular flexibility index (Phi) is 5.74. The molecule has 0 aromatic rings. The van der Waals surface area contributed by atoms with Crippen molar-refractivity contribution in [3.8, 4) is 0 Å². The lowest BCUT2D eigenvalue weighted by Crippen LogP contribution is -2.47. The Balaban J connectivity index is 1.93. The van der Waals surface area contributed by atoms with Gasteiger partial charge in [-0.3, -0.25) is 19.3 Å². The van der Waals surface area contributed by atoms with Crippen molar-refractivity contribution in [1.29, 1.82) is 0 Å². The number of hydrogen-bond donors (Lipinski definition) is 1. The smallest absolute Gasteiger partial charge is 0.334 e. The molecule has 0 bridgehead atoms. The summed E-state index contributed by atoms with van der Waals surface area (Å²) < 4.78 is 0. The van der Waals surface area contributed by atoms with E-state index in [4.69, 9.17) is 0 Å². The Labute approximate surface area is 136 Å². The van der Waals surface area contributed by atoms with Crippen LogP contribution in [0.2, 0.25) is 0 Å². The second kappa shape index (κ2) is 7.57. The fraction of sp³-hybridized carbons (Fsp3) is 0.750. The maximum Gasteiger partial charge on any atom is 0.334 e. The summed E-state index contributed by atoms with van der Waals surface area (Å²) in [6.45, 7) is 3.86. The Hall–Kier alpha value is -1.92. The molecule has 1 saturated carbocycles. The average Bonchev–Trinajstić information content (AvgIpc) is 2.72. The largest absolute Gasteiger partial charge is 0.352 e. The van der Waals surface area contributed by atoms with Crippen LogP contribution in [-0.4, -0.2) is 52.7 Å². The van der Waals surface area contributed by atoms with Gasteiger partial charge in [-0.15, -0.1) is 0 Å². The van der Waals surface area contributed by atoms with Crippen LogP contribution in [0.3, 0.4) is 0 Å². The van der Waals surface area contributed by atoms with Gasteiger partial charge in [0.05, 0.1) is 0 Å². The molecular formula is C16H25N3O4. The number of rotatable bonds is 6. The molecule has 128 valence electrons. The average molecular weight is 323 g/mol. The monoisotopic (exact) mass is 323 g/mol. The predicted octanol–water partition coefficient (Wildman–Crippen LogP) is 1.27. The number of urea groups is 1. The Morgan fingerprint density at radius 2 is 1.78 bits per heavy atom. The molecule has 2 aliphatic rings. The van der Waals surface area contributed by atoms with E-state index in [2.05, 4.69) is 12.2 Å². The summed E-state index contributed by atoms with van der Waals surface area (Å²) in [5, 5.41) is 2.89. The molecule has 23 heavy (non-hydrogen) atoms. The molecule has 0 radical (unpaired) electrons. The Morgan fingerprint density at radius 1 is 1.13 bits per heavy atom. The molecule has 0 aromatic carbocycles. The van der Waals surface area contributed by atoms with Crippen molar-refractivity contribution in [2.24, 2.45) is 5.92 Å². The van der Waals surface area contributed by atoms with Crippen molar-refractivity contribution in [2.75, 3.05) is 13.1 Å². The lowest BCUT2D eigenvalue weighted by molar-refractivity contribution is -0.144. The summed E-state index contributed by atoms with van der Waals surface area (Å²) in [7, 11) is 0. The molecule has 0 spiro atoms. The fourth-order valence-electron chi connectivity index (χ4n) is 3.13. The minimum absolute atomic E-state index is 0.0796. The van der Waals surface area contributed by atoms with Gasteiger partial charge in [-0.25, -0.2) is 9.69 Å². The number of carbonyl (C=O) groups excluding carboxylic acids is 4. The van der Waals surface area contributed by atoms with Crippen molar-refractivity contribution >= 4 is 23.8 Å². The SMILES string of the molecule is CCCCN1C(=O)C(=O)N(CC(=O)N[C@@H]2CCCC[C@H]2C)C1=O. The quantitative estimate of drug-likeness (QED) is 0.589. The minimum Gasteiger partial charge on any atom is -0.352 e. The van der Waals surface area contributed by atoms with Crippen LogP contribution in [0.4, 0.5) is 4.79 Å². The topological polar surface area (TPSA) is 86.8 Å². The molecule has 2 rings (SSSR count). The molecular weight excluding hydrogens is 298 g/mol. The zero-order valence-corrected chi connectivity index (χ0v) is 13.8. The second-order valence-corrected chi connectivity index (χ2v) is 6.42. The number of nitrogens with zero attached hydrogens (tertiary/aromatic N) is 2. The van der Waals surface area contributed by atoms with Gasteiger partial charge in [-0.2, -0.15) is 0 Å². The van der Waals surface area contributed by atoms with Gasteiger partial charge in [0.25, 0.3) is 0 Å². The number of unbranched alkanes of at least 4 members (excludes halogenated alkanes) is 1. The van der Waals surface area contributed by atoms with Crippen LogP contribution in [-0.2, 0) is 14.4 Å². The second-order valence-electron chi connectivity index (χ2n) is 6.42. The summed E-state index contributed by atoms with van der Waals surface area (Å²) in [6.07, 6.45) is 5.67. The molecule has 7 nitrogen and oxygen atoms in total. The van der Waals surface area contributed by atoms with Crippen LogP contribution in [0.5, 0.6) is 0 Å². The summed E-state index contributed by atoms with van der Waals surface area (Å²) in [5.74, 6) is -1.73. The van der Waals surface area contributed by atoms with E-state index >= 15 is 0 Å². The van der Waals surface area contributed by atoms with Crippen molar-refractivity contribution in [3.05, 3.63) is 0 Å². The van der Waals surface area contributed by atoms with Crippen LogP contribution in [0.1, 0.15) is 52.4 Å². The summed E-state index contributed by atoms with van der Waals surface area (Å²) in [5.41, 5.74) is 0. The molecule has 2 atom stereocenters. The van der Waals surface area contributed by atoms with Crippen molar-refractivity contribution in [3.63, 3.8) is 0 Å². The first kappa shape index (κ1) is 17.4. The van der Waals surface area contributed by atoms with Gasteiger partial charge < -0.3 is 5.32 Å². The summed E-state index contributed by atoms with van der Waals surface area (Å²) >= 11 is 0. The zero-order chi connectivity index (χ0) is 17.0. The molecule has 0 unspecified atom stereocenters. The fourth-order valence-corrected chi connectivity index (χ4v) is 3.13. The van der Waals surface area contributed by atoms with E-state index in [0.717, 1.165) is 41.9 Å². The third kappa shape index (κ3) is 3.89. The number of hydrogen-bond acceptors (Lipinski definition) is 4. The van der Waals surface area contributed by atoms with E-state index in [-0.39, 0.29) is 25.0 Å². The van der Waals surface area contributed by atoms with Gasteiger partial charge in [0.15, 0.2) is 0 Å². The predicted molar refractivity (Wildman–Crippen MR) is 83.3 cm³/mol. The minimum atomic E-state index is -0.905. The van der Waals surface area contributed by atoms with Gasteiger partial charge in [0.1, 0.15) is 6.54 Å². The molecule has 7 heteroatoms. The molecule has 1 aliphatic heterocycles. The zero-order valence-electron chi connectivity index (χ0n) is 13.8. The van der Waals surface area contributed by atoms with E-state index in [1.165, 1.54) is 0 Å². The molecule has 5 amide bonds. The van der Waals surface area contributed by atoms with Gasteiger partial charge in [-0.1, -0.05) is 33.1 Å². The summed E-state index contributed by atoms with van der Waals surface area (Å²) in [6, 6.07) is -0.601. The van der Waals surface area contributed by atoms with Crippen LogP contribution in [0.25, 0.3) is 0 Å². The lowest BCUT2D eigenvalue weighted by atomic mass is 9.86. The Bertz CT molecular complexity index is 506. The normalized spacial score (nSPS) is 25.2. The van der Waals surface area contributed by atoms with Crippen molar-refractivity contribution < 1.29 is 19.2 Å². The maximum atomic E-state index is 12.2. The molecule has 1 aliphatic carbocycles. The molecule has 1 heterocycles. The third-order valence-corrected chi connectivity index (χ3v) is 4.63. The van der Waals surface area contributed by atoms with Gasteiger partial charge in [0, 0.05) is 12.6 Å². The highest BCUT2D eigenvalue weighted by Crippen LogP contribution is 2.23. The van der Waals surface area contributed by atoms with E-state index in [1.807, 2.05) is 6.92 Å². The highest BCUT2D eigenvalue weighted by Gasteiger charge is 2.44. The van der Waals surface area contributed by atoms with Crippen LogP contribution in [0, 0.1) is 5.92 Å². The molecule has 2 fully saturated rings. The van der Waals surface area contributed by atoms with Crippen LogP contribution in [0.15, 0.2) is 0 Å². The highest BCUT2D eigenvalue weighted by atomic mass is 16.2. The first-order valence-electron chi connectivity index (χ1n) is 8.42. The number of amides is 5. The van der Waals surface area contributed by atoms with Crippen LogP contribution < -0.4 is 5.32 Å². The van der Waals surface area contributed by atoms with Crippen LogP contribution >= 0.6 is 0 Å². The standard InChI is InChI=1S/C16H25N3O4/c1-3-4-9-18-14(21)15(22)19(16(18)23)10-13(20)17-12-8-6-5-7-11(12)2/h11-12H,3-10H2,1-2H3,(H,17,20)/t11-,12-/m1/s1. The molecule has 0 aromatic heterocycles. The molecule has 1 saturated heterocycles. The van der Waals surface area contributed by atoms with E-state index in [0.29, 0.717) is 12.3 Å². The van der Waals surface area contributed by atoms with Gasteiger partial charge >= 0.3 is 17.8 Å². The van der Waals surface area contributed by atoms with Crippen molar-refractivity contribution in [2.45, 2.75) is 58.4 Å². The number of nitrogens with one attached hydrogen (secondary N) is 1. The van der Waals surface area contributed by atoms with E-state index in [1.54, 1.807) is 0 Å². The number of imide groups is 2. The van der Waals surface area contributed by atoms with E-state index < -0.39 is 17.8 Å². The maximum absolute atomic E-state index is 12.2.